The maximum Gasteiger partial charge on any atom is 0.233 e. The highest BCUT2D eigenvalue weighted by Crippen LogP contribution is 2.29. The summed E-state index contributed by atoms with van der Waals surface area (Å²) in [5, 5.41) is 9.60. The van der Waals surface area contributed by atoms with E-state index in [1.807, 2.05) is 42.2 Å². The number of benzene rings is 2. The van der Waals surface area contributed by atoms with Crippen molar-refractivity contribution in [3.63, 3.8) is 0 Å². The summed E-state index contributed by atoms with van der Waals surface area (Å²) in [6.45, 7) is 3.91. The maximum atomic E-state index is 13.0. The smallest absolute Gasteiger partial charge is 0.233 e. The van der Waals surface area contributed by atoms with Crippen molar-refractivity contribution in [1.29, 1.82) is 0 Å². The van der Waals surface area contributed by atoms with Crippen molar-refractivity contribution in [3.05, 3.63) is 96.0 Å². The van der Waals surface area contributed by atoms with Crippen LogP contribution in [0.25, 0.3) is 17.0 Å². The standard InChI is InChI=1S/C27H26N4O2S/c1-20-24(14-17-33-20)26-28-29-27(31(26)18-21-8-4-2-5-9-21)34-19-25(32)30-15-12-23(13-16-30)22-10-6-3-7-11-22/h2-12,14,17H,13,15-16,18-19H2,1H3. The third kappa shape index (κ3) is 4.84. The number of aromatic nitrogens is 3. The van der Waals surface area contributed by atoms with Crippen molar-refractivity contribution in [2.75, 3.05) is 18.8 Å². The number of thioether (sulfide) groups is 1. The van der Waals surface area contributed by atoms with Gasteiger partial charge in [0.1, 0.15) is 5.76 Å². The second-order valence-corrected chi connectivity index (χ2v) is 9.18. The molecule has 5 rings (SSSR count). The molecular formula is C27H26N4O2S. The topological polar surface area (TPSA) is 64.2 Å². The van der Waals surface area contributed by atoms with E-state index in [1.165, 1.54) is 22.9 Å². The summed E-state index contributed by atoms with van der Waals surface area (Å²) in [5.41, 5.74) is 4.60. The number of carbonyl (C=O) groups excluding carboxylic acids is 1. The zero-order valence-corrected chi connectivity index (χ0v) is 19.9. The molecule has 172 valence electrons. The highest BCUT2D eigenvalue weighted by atomic mass is 32.2. The molecule has 34 heavy (non-hydrogen) atoms. The predicted molar refractivity (Wildman–Crippen MR) is 134 cm³/mol. The molecule has 1 aliphatic heterocycles. The highest BCUT2D eigenvalue weighted by Gasteiger charge is 2.21. The van der Waals surface area contributed by atoms with E-state index in [0.29, 0.717) is 18.8 Å². The number of nitrogens with zero attached hydrogens (tertiary/aromatic N) is 4. The first-order valence-corrected chi connectivity index (χ1v) is 12.3. The number of rotatable bonds is 7. The van der Waals surface area contributed by atoms with Crippen LogP contribution < -0.4 is 0 Å². The van der Waals surface area contributed by atoms with Gasteiger partial charge in [-0.15, -0.1) is 10.2 Å². The molecule has 0 unspecified atom stereocenters. The molecule has 6 nitrogen and oxygen atoms in total. The molecule has 0 radical (unpaired) electrons. The lowest BCUT2D eigenvalue weighted by atomic mass is 10.00. The summed E-state index contributed by atoms with van der Waals surface area (Å²) in [6.07, 6.45) is 4.70. The van der Waals surface area contributed by atoms with Gasteiger partial charge in [-0.1, -0.05) is 78.5 Å². The fourth-order valence-corrected chi connectivity index (χ4v) is 4.99. The molecule has 0 bridgehead atoms. The van der Waals surface area contributed by atoms with Gasteiger partial charge in [-0.05, 0) is 36.1 Å². The first-order valence-electron chi connectivity index (χ1n) is 11.4. The van der Waals surface area contributed by atoms with Gasteiger partial charge in [0, 0.05) is 13.1 Å². The third-order valence-electron chi connectivity index (χ3n) is 6.03. The number of aryl methyl sites for hydroxylation is 1. The summed E-state index contributed by atoms with van der Waals surface area (Å²) >= 11 is 1.44. The first-order chi connectivity index (χ1) is 16.7. The minimum Gasteiger partial charge on any atom is -0.469 e. The molecule has 4 aromatic rings. The SMILES string of the molecule is Cc1occc1-c1nnc(SCC(=O)N2CC=C(c3ccccc3)CC2)n1Cc1ccccc1. The molecule has 1 aliphatic rings. The van der Waals surface area contributed by atoms with Gasteiger partial charge in [-0.2, -0.15) is 0 Å². The van der Waals surface area contributed by atoms with Crippen LogP contribution in [0.5, 0.6) is 0 Å². The van der Waals surface area contributed by atoms with Crippen LogP contribution in [-0.4, -0.2) is 44.4 Å². The number of furan rings is 1. The first kappa shape index (κ1) is 22.2. The van der Waals surface area contributed by atoms with Gasteiger partial charge in [-0.3, -0.25) is 9.36 Å². The second-order valence-electron chi connectivity index (χ2n) is 8.24. The lowest BCUT2D eigenvalue weighted by molar-refractivity contribution is -0.127. The van der Waals surface area contributed by atoms with Crippen molar-refractivity contribution in [1.82, 2.24) is 19.7 Å². The summed E-state index contributed by atoms with van der Waals surface area (Å²) in [4.78, 5) is 14.9. The second kappa shape index (κ2) is 10.1. The third-order valence-corrected chi connectivity index (χ3v) is 6.98. The van der Waals surface area contributed by atoms with Gasteiger partial charge in [0.05, 0.1) is 24.1 Å². The van der Waals surface area contributed by atoms with E-state index in [-0.39, 0.29) is 5.91 Å². The van der Waals surface area contributed by atoms with E-state index in [9.17, 15) is 4.79 Å². The monoisotopic (exact) mass is 470 g/mol. The van der Waals surface area contributed by atoms with Crippen LogP contribution in [0.4, 0.5) is 0 Å². The molecule has 2 aromatic carbocycles. The van der Waals surface area contributed by atoms with Crippen molar-refractivity contribution in [2.45, 2.75) is 25.0 Å². The minimum atomic E-state index is 0.115. The van der Waals surface area contributed by atoms with Crippen LogP contribution in [0.15, 0.2) is 88.6 Å². The molecule has 1 amide bonds. The van der Waals surface area contributed by atoms with Gasteiger partial charge >= 0.3 is 0 Å². The van der Waals surface area contributed by atoms with E-state index in [1.54, 1.807) is 6.26 Å². The molecule has 7 heteroatoms. The summed E-state index contributed by atoms with van der Waals surface area (Å²) in [6, 6.07) is 22.5. The summed E-state index contributed by atoms with van der Waals surface area (Å²) in [7, 11) is 0. The van der Waals surface area contributed by atoms with Crippen LogP contribution in [0.3, 0.4) is 0 Å². The molecule has 0 saturated heterocycles. The Morgan fingerprint density at radius 2 is 1.79 bits per heavy atom. The van der Waals surface area contributed by atoms with E-state index in [0.717, 1.165) is 40.8 Å². The molecule has 0 saturated carbocycles. The van der Waals surface area contributed by atoms with Crippen LogP contribution in [-0.2, 0) is 11.3 Å². The zero-order valence-electron chi connectivity index (χ0n) is 19.1. The molecule has 0 N–H and O–H groups in total. The van der Waals surface area contributed by atoms with E-state index in [2.05, 4.69) is 57.2 Å². The Bertz CT molecular complexity index is 1290. The Kier molecular flexibility index (Phi) is 6.62. The Morgan fingerprint density at radius 1 is 1.03 bits per heavy atom. The highest BCUT2D eigenvalue weighted by molar-refractivity contribution is 7.99. The van der Waals surface area contributed by atoms with Gasteiger partial charge in [-0.25, -0.2) is 0 Å². The largest absolute Gasteiger partial charge is 0.469 e. The Hall–Kier alpha value is -3.58. The van der Waals surface area contributed by atoms with E-state index < -0.39 is 0 Å². The number of amides is 1. The predicted octanol–water partition coefficient (Wildman–Crippen LogP) is 5.30. The van der Waals surface area contributed by atoms with Gasteiger partial charge in [0.15, 0.2) is 11.0 Å². The quantitative estimate of drug-likeness (QED) is 0.343. The Morgan fingerprint density at radius 3 is 2.47 bits per heavy atom. The van der Waals surface area contributed by atoms with Crippen molar-refractivity contribution in [3.8, 4) is 11.4 Å². The minimum absolute atomic E-state index is 0.115. The molecule has 3 heterocycles. The Labute approximate surface area is 203 Å². The van der Waals surface area contributed by atoms with Crippen LogP contribution in [0, 0.1) is 6.92 Å². The van der Waals surface area contributed by atoms with E-state index >= 15 is 0 Å². The lowest BCUT2D eigenvalue weighted by Gasteiger charge is -2.26. The molecular weight excluding hydrogens is 444 g/mol. The number of hydrogen-bond acceptors (Lipinski definition) is 5. The normalized spacial score (nSPS) is 13.7. The fourth-order valence-electron chi connectivity index (χ4n) is 4.15. The van der Waals surface area contributed by atoms with Crippen LogP contribution in [0.2, 0.25) is 0 Å². The molecule has 2 aromatic heterocycles. The van der Waals surface area contributed by atoms with Crippen molar-refractivity contribution in [2.24, 2.45) is 0 Å². The molecule has 0 aliphatic carbocycles. The van der Waals surface area contributed by atoms with Gasteiger partial charge in [0.2, 0.25) is 5.91 Å². The van der Waals surface area contributed by atoms with Crippen molar-refractivity contribution < 1.29 is 9.21 Å². The molecule has 0 atom stereocenters. The van der Waals surface area contributed by atoms with Gasteiger partial charge in [0.25, 0.3) is 0 Å². The summed E-state index contributed by atoms with van der Waals surface area (Å²) < 4.78 is 7.56. The number of carbonyl (C=O) groups is 1. The molecule has 0 spiro atoms. The summed E-state index contributed by atoms with van der Waals surface area (Å²) in [5.74, 6) is 1.98. The number of hydrogen-bond donors (Lipinski definition) is 0. The van der Waals surface area contributed by atoms with E-state index in [4.69, 9.17) is 4.42 Å². The lowest BCUT2D eigenvalue weighted by Crippen LogP contribution is -2.35. The zero-order chi connectivity index (χ0) is 23.3. The fraction of sp³-hybridized carbons (Fsp3) is 0.222. The Balaban J connectivity index is 1.30. The average Bonchev–Trinajstić information content (AvgIpc) is 3.49. The van der Waals surface area contributed by atoms with Gasteiger partial charge < -0.3 is 9.32 Å². The molecule has 0 fully saturated rings. The average molecular weight is 471 g/mol. The van der Waals surface area contributed by atoms with Crippen LogP contribution in [0.1, 0.15) is 23.3 Å². The maximum absolute atomic E-state index is 13.0. The van der Waals surface area contributed by atoms with Crippen molar-refractivity contribution >= 4 is 23.2 Å². The van der Waals surface area contributed by atoms with Crippen LogP contribution >= 0.6 is 11.8 Å².